The highest BCUT2D eigenvalue weighted by Crippen LogP contribution is 2.18. The van der Waals surface area contributed by atoms with Gasteiger partial charge >= 0.3 is 6.03 Å². The van der Waals surface area contributed by atoms with Crippen LogP contribution in [0, 0.1) is 0 Å². The molecule has 0 radical (unpaired) electrons. The van der Waals surface area contributed by atoms with Crippen LogP contribution in [0.2, 0.25) is 0 Å². The Hall–Kier alpha value is -2.87. The molecule has 3 N–H and O–H groups in total. The van der Waals surface area contributed by atoms with Crippen LogP contribution in [0.3, 0.4) is 0 Å². The molecule has 0 bridgehead atoms. The van der Waals surface area contributed by atoms with Crippen molar-refractivity contribution in [1.82, 2.24) is 5.32 Å². The minimum atomic E-state index is -3.37. The number of benzene rings is 2. The van der Waals surface area contributed by atoms with Crippen LogP contribution < -0.4 is 15.4 Å². The summed E-state index contributed by atoms with van der Waals surface area (Å²) >= 11 is 0. The van der Waals surface area contributed by atoms with Gasteiger partial charge in [0.15, 0.2) is 5.78 Å². The zero-order chi connectivity index (χ0) is 19.3. The van der Waals surface area contributed by atoms with Gasteiger partial charge in [-0.05, 0) is 43.7 Å². The summed E-state index contributed by atoms with van der Waals surface area (Å²) in [5.41, 5.74) is 2.18. The molecule has 8 heteroatoms. The molecule has 2 rings (SSSR count). The van der Waals surface area contributed by atoms with Crippen LogP contribution in [0.4, 0.5) is 16.2 Å². The van der Waals surface area contributed by atoms with Gasteiger partial charge in [0.1, 0.15) is 0 Å². The molecule has 0 aromatic heterocycles. The average molecular weight is 375 g/mol. The summed E-state index contributed by atoms with van der Waals surface area (Å²) in [7, 11) is -3.37. The standard InChI is InChI=1S/C18H21N3O4S/c1-12(14-6-4-9-17(10-14)21-26(3,24)25)19-18(23)20-16-8-5-7-15(11-16)13(2)22/h4-12,21H,1-3H3,(H2,19,20,23). The Morgan fingerprint density at radius 1 is 1.00 bits per heavy atom. The predicted octanol–water partition coefficient (Wildman–Crippen LogP) is 3.14. The number of hydrogen-bond acceptors (Lipinski definition) is 4. The topological polar surface area (TPSA) is 104 Å². The summed E-state index contributed by atoms with van der Waals surface area (Å²) < 4.78 is 25.0. The molecule has 2 aromatic rings. The molecular formula is C18H21N3O4S. The summed E-state index contributed by atoms with van der Waals surface area (Å²) in [6, 6.07) is 12.6. The lowest BCUT2D eigenvalue weighted by Gasteiger charge is -2.16. The van der Waals surface area contributed by atoms with Crippen molar-refractivity contribution in [2.75, 3.05) is 16.3 Å². The molecule has 138 valence electrons. The Morgan fingerprint density at radius 2 is 1.65 bits per heavy atom. The highest BCUT2D eigenvalue weighted by atomic mass is 32.2. The number of anilines is 2. The van der Waals surface area contributed by atoms with Gasteiger partial charge in [0, 0.05) is 16.9 Å². The van der Waals surface area contributed by atoms with Crippen molar-refractivity contribution in [3.05, 3.63) is 59.7 Å². The second-order valence-electron chi connectivity index (χ2n) is 5.96. The maximum Gasteiger partial charge on any atom is 0.319 e. The van der Waals surface area contributed by atoms with E-state index in [1.165, 1.54) is 6.92 Å². The van der Waals surface area contributed by atoms with E-state index in [0.717, 1.165) is 11.8 Å². The summed E-state index contributed by atoms with van der Waals surface area (Å²) in [4.78, 5) is 23.6. The molecule has 26 heavy (non-hydrogen) atoms. The van der Waals surface area contributed by atoms with E-state index in [1.54, 1.807) is 55.5 Å². The largest absolute Gasteiger partial charge is 0.331 e. The fraction of sp³-hybridized carbons (Fsp3) is 0.222. The zero-order valence-electron chi connectivity index (χ0n) is 14.7. The first kappa shape index (κ1) is 19.5. The first-order valence-electron chi connectivity index (χ1n) is 7.90. The number of ketones is 1. The van der Waals surface area contributed by atoms with Crippen molar-refractivity contribution in [2.24, 2.45) is 0 Å². The van der Waals surface area contributed by atoms with Crippen molar-refractivity contribution >= 4 is 33.2 Å². The molecule has 0 spiro atoms. The lowest BCUT2D eigenvalue weighted by Crippen LogP contribution is -2.31. The second kappa shape index (κ2) is 8.01. The lowest BCUT2D eigenvalue weighted by molar-refractivity contribution is 0.101. The van der Waals surface area contributed by atoms with Gasteiger partial charge in [-0.15, -0.1) is 0 Å². The summed E-state index contributed by atoms with van der Waals surface area (Å²) in [5.74, 6) is -0.0855. The van der Waals surface area contributed by atoms with Gasteiger partial charge in [-0.2, -0.15) is 0 Å². The number of rotatable bonds is 6. The molecule has 0 saturated heterocycles. The maximum absolute atomic E-state index is 12.2. The summed E-state index contributed by atoms with van der Waals surface area (Å²) in [5, 5.41) is 5.45. The third-order valence-electron chi connectivity index (χ3n) is 3.56. The van der Waals surface area contributed by atoms with E-state index in [2.05, 4.69) is 15.4 Å². The van der Waals surface area contributed by atoms with Crippen LogP contribution in [0.1, 0.15) is 35.8 Å². The number of carbonyl (C=O) groups is 2. The number of urea groups is 1. The Morgan fingerprint density at radius 3 is 2.31 bits per heavy atom. The molecule has 2 aromatic carbocycles. The Kier molecular flexibility index (Phi) is 5.99. The molecule has 0 aliphatic rings. The molecule has 1 atom stereocenters. The summed E-state index contributed by atoms with van der Waals surface area (Å²) in [6.45, 7) is 3.24. The lowest BCUT2D eigenvalue weighted by atomic mass is 10.1. The Bertz CT molecular complexity index is 926. The number of hydrogen-bond donors (Lipinski definition) is 3. The second-order valence-corrected chi connectivity index (χ2v) is 7.71. The molecule has 7 nitrogen and oxygen atoms in total. The minimum Gasteiger partial charge on any atom is -0.331 e. The van der Waals surface area contributed by atoms with Crippen molar-refractivity contribution in [1.29, 1.82) is 0 Å². The van der Waals surface area contributed by atoms with E-state index in [0.29, 0.717) is 16.9 Å². The Balaban J connectivity index is 2.04. The number of amides is 2. The molecule has 1 unspecified atom stereocenters. The van der Waals surface area contributed by atoms with Crippen LogP contribution in [0.25, 0.3) is 0 Å². The highest BCUT2D eigenvalue weighted by molar-refractivity contribution is 7.92. The monoisotopic (exact) mass is 375 g/mol. The third-order valence-corrected chi connectivity index (χ3v) is 4.17. The van der Waals surface area contributed by atoms with E-state index in [1.807, 2.05) is 0 Å². The van der Waals surface area contributed by atoms with Gasteiger partial charge in [-0.25, -0.2) is 13.2 Å². The highest BCUT2D eigenvalue weighted by Gasteiger charge is 2.12. The van der Waals surface area contributed by atoms with Crippen molar-refractivity contribution in [2.45, 2.75) is 19.9 Å². The number of sulfonamides is 1. The zero-order valence-corrected chi connectivity index (χ0v) is 15.6. The molecule has 0 saturated carbocycles. The van der Waals surface area contributed by atoms with E-state index < -0.39 is 16.1 Å². The summed E-state index contributed by atoms with van der Waals surface area (Å²) in [6.07, 6.45) is 1.07. The number of Topliss-reactive ketones (excluding diaryl/α,β-unsaturated/α-hetero) is 1. The smallest absolute Gasteiger partial charge is 0.319 e. The molecule has 0 aliphatic carbocycles. The fourth-order valence-electron chi connectivity index (χ4n) is 2.35. The average Bonchev–Trinajstić information content (AvgIpc) is 2.53. The van der Waals surface area contributed by atoms with Crippen molar-refractivity contribution < 1.29 is 18.0 Å². The first-order chi connectivity index (χ1) is 12.1. The van der Waals surface area contributed by atoms with Gasteiger partial charge in [0.05, 0.1) is 12.3 Å². The van der Waals surface area contributed by atoms with Gasteiger partial charge < -0.3 is 10.6 Å². The van der Waals surface area contributed by atoms with E-state index in [9.17, 15) is 18.0 Å². The van der Waals surface area contributed by atoms with E-state index in [4.69, 9.17) is 0 Å². The quantitative estimate of drug-likeness (QED) is 0.675. The fourth-order valence-corrected chi connectivity index (χ4v) is 2.90. The van der Waals surface area contributed by atoms with Crippen molar-refractivity contribution in [3.63, 3.8) is 0 Å². The van der Waals surface area contributed by atoms with Crippen molar-refractivity contribution in [3.8, 4) is 0 Å². The SMILES string of the molecule is CC(=O)c1cccc(NC(=O)NC(C)c2cccc(NS(C)(=O)=O)c2)c1. The van der Waals surface area contributed by atoms with Crippen LogP contribution in [-0.2, 0) is 10.0 Å². The van der Waals surface area contributed by atoms with Gasteiger partial charge in [0.2, 0.25) is 10.0 Å². The van der Waals surface area contributed by atoms with Gasteiger partial charge in [-0.3, -0.25) is 9.52 Å². The molecular weight excluding hydrogens is 354 g/mol. The van der Waals surface area contributed by atoms with Crippen LogP contribution in [0.15, 0.2) is 48.5 Å². The molecule has 0 aliphatic heterocycles. The first-order valence-corrected chi connectivity index (χ1v) is 9.79. The van der Waals surface area contributed by atoms with Gasteiger partial charge in [-0.1, -0.05) is 24.3 Å². The van der Waals surface area contributed by atoms with Crippen LogP contribution in [0.5, 0.6) is 0 Å². The van der Waals surface area contributed by atoms with Crippen LogP contribution in [-0.4, -0.2) is 26.5 Å². The number of nitrogens with one attached hydrogen (secondary N) is 3. The van der Waals surface area contributed by atoms with Crippen LogP contribution >= 0.6 is 0 Å². The molecule has 2 amide bonds. The Labute approximate surface area is 152 Å². The third kappa shape index (κ3) is 5.89. The normalized spacial score (nSPS) is 12.1. The maximum atomic E-state index is 12.2. The molecule has 0 fully saturated rings. The molecule has 0 heterocycles. The number of carbonyl (C=O) groups excluding carboxylic acids is 2. The predicted molar refractivity (Wildman–Crippen MR) is 102 cm³/mol. The van der Waals surface area contributed by atoms with E-state index in [-0.39, 0.29) is 11.8 Å². The van der Waals surface area contributed by atoms with E-state index >= 15 is 0 Å². The van der Waals surface area contributed by atoms with Gasteiger partial charge in [0.25, 0.3) is 0 Å². The minimum absolute atomic E-state index is 0.0855.